The lowest BCUT2D eigenvalue weighted by molar-refractivity contribution is -0.115. The molecule has 0 aliphatic heterocycles. The van der Waals surface area contributed by atoms with E-state index < -0.39 is 28.7 Å². The minimum Gasteiger partial charge on any atom is -0.325 e. The van der Waals surface area contributed by atoms with E-state index in [0.717, 1.165) is 0 Å². The molecule has 0 spiro atoms. The van der Waals surface area contributed by atoms with Gasteiger partial charge >= 0.3 is 0 Å². The molecule has 0 aliphatic rings. The van der Waals surface area contributed by atoms with E-state index in [1.807, 2.05) is 0 Å². The number of anilines is 2. The number of thioether (sulfide) groups is 1. The maximum atomic E-state index is 14.4. The number of carbonyl (C=O) groups excluding carboxylic acids is 3. The number of benzene rings is 4. The third-order valence-electron chi connectivity index (χ3n) is 5.69. The van der Waals surface area contributed by atoms with Crippen LogP contribution in [0.1, 0.15) is 22.8 Å². The molecule has 4 aromatic rings. The Kier molecular flexibility index (Phi) is 9.89. The van der Waals surface area contributed by atoms with Crippen LogP contribution in [0, 0.1) is 11.6 Å². The Bertz CT molecular complexity index is 1620. The number of carbonyl (C=O) groups is 3. The lowest BCUT2D eigenvalue weighted by Crippen LogP contribution is -2.30. The van der Waals surface area contributed by atoms with Gasteiger partial charge in [-0.15, -0.1) is 11.8 Å². The first-order chi connectivity index (χ1) is 19.7. The van der Waals surface area contributed by atoms with Crippen molar-refractivity contribution in [2.24, 2.45) is 0 Å². The molecular weight excluding hydrogens is 568 g/mol. The molecule has 6 nitrogen and oxygen atoms in total. The summed E-state index contributed by atoms with van der Waals surface area (Å²) in [6, 6.07) is 24.9. The molecular formula is C31H24ClF2N3O3S. The summed E-state index contributed by atoms with van der Waals surface area (Å²) in [7, 11) is 0. The lowest BCUT2D eigenvalue weighted by Gasteiger charge is -2.14. The molecule has 0 aromatic heterocycles. The summed E-state index contributed by atoms with van der Waals surface area (Å²) >= 11 is 7.02. The summed E-state index contributed by atoms with van der Waals surface area (Å²) in [5.74, 6) is -2.67. The van der Waals surface area contributed by atoms with Crippen molar-refractivity contribution in [1.29, 1.82) is 0 Å². The van der Waals surface area contributed by atoms with Crippen LogP contribution in [0.25, 0.3) is 6.08 Å². The van der Waals surface area contributed by atoms with E-state index in [1.165, 1.54) is 54.2 Å². The van der Waals surface area contributed by atoms with E-state index in [-0.39, 0.29) is 22.2 Å². The monoisotopic (exact) mass is 591 g/mol. The molecule has 0 saturated heterocycles. The molecule has 10 heteroatoms. The van der Waals surface area contributed by atoms with Crippen LogP contribution in [-0.4, -0.2) is 23.0 Å². The standard InChI is InChI=1S/C31H24ClF2N3O3S/c1-19(29(38)35-23-14-15-27(34)25(32)18-23)41-24-12-7-11-22(17-24)36-31(40)28(16-21-10-5-6-13-26(21)33)37-30(39)20-8-3-2-4-9-20/h2-19H,1H3,(H,35,38)(H,36,40)(H,37,39)/b28-16-. The van der Waals surface area contributed by atoms with Crippen molar-refractivity contribution < 1.29 is 23.2 Å². The van der Waals surface area contributed by atoms with Gasteiger partial charge in [-0.05, 0) is 67.6 Å². The zero-order chi connectivity index (χ0) is 29.4. The molecule has 3 N–H and O–H groups in total. The second-order valence-electron chi connectivity index (χ2n) is 8.76. The fourth-order valence-corrected chi connectivity index (χ4v) is 4.72. The third kappa shape index (κ3) is 8.26. The van der Waals surface area contributed by atoms with Gasteiger partial charge in [0, 0.05) is 27.4 Å². The summed E-state index contributed by atoms with van der Waals surface area (Å²) in [6.07, 6.45) is 1.26. The van der Waals surface area contributed by atoms with E-state index >= 15 is 0 Å². The first-order valence-corrected chi connectivity index (χ1v) is 13.6. The maximum Gasteiger partial charge on any atom is 0.272 e. The van der Waals surface area contributed by atoms with Crippen LogP contribution >= 0.6 is 23.4 Å². The smallest absolute Gasteiger partial charge is 0.272 e. The first-order valence-electron chi connectivity index (χ1n) is 12.4. The van der Waals surface area contributed by atoms with Crippen LogP contribution in [-0.2, 0) is 9.59 Å². The highest BCUT2D eigenvalue weighted by molar-refractivity contribution is 8.00. The predicted octanol–water partition coefficient (Wildman–Crippen LogP) is 7.15. The maximum absolute atomic E-state index is 14.4. The highest BCUT2D eigenvalue weighted by atomic mass is 35.5. The molecule has 0 heterocycles. The van der Waals surface area contributed by atoms with Crippen LogP contribution in [0.2, 0.25) is 5.02 Å². The van der Waals surface area contributed by atoms with Gasteiger partial charge in [-0.3, -0.25) is 14.4 Å². The second kappa shape index (κ2) is 13.7. The number of nitrogens with one attached hydrogen (secondary N) is 3. The second-order valence-corrected chi connectivity index (χ2v) is 10.6. The van der Waals surface area contributed by atoms with Gasteiger partial charge in [-0.1, -0.05) is 54.1 Å². The van der Waals surface area contributed by atoms with Crippen molar-refractivity contribution >= 4 is 58.5 Å². The van der Waals surface area contributed by atoms with Crippen LogP contribution in [0.5, 0.6) is 0 Å². The summed E-state index contributed by atoms with van der Waals surface area (Å²) in [5.41, 5.74) is 1.05. The molecule has 0 bridgehead atoms. The van der Waals surface area contributed by atoms with Crippen molar-refractivity contribution in [3.63, 3.8) is 0 Å². The van der Waals surface area contributed by atoms with Crippen LogP contribution in [0.3, 0.4) is 0 Å². The molecule has 4 aromatic carbocycles. The van der Waals surface area contributed by atoms with Gasteiger partial charge in [-0.25, -0.2) is 8.78 Å². The van der Waals surface area contributed by atoms with E-state index in [2.05, 4.69) is 16.0 Å². The molecule has 1 atom stereocenters. The number of rotatable bonds is 9. The molecule has 1 unspecified atom stereocenters. The topological polar surface area (TPSA) is 87.3 Å². The average molecular weight is 592 g/mol. The Morgan fingerprint density at radius 2 is 1.51 bits per heavy atom. The first kappa shape index (κ1) is 29.5. The van der Waals surface area contributed by atoms with E-state index in [0.29, 0.717) is 21.8 Å². The van der Waals surface area contributed by atoms with Gasteiger partial charge < -0.3 is 16.0 Å². The molecule has 4 rings (SSSR count). The zero-order valence-electron chi connectivity index (χ0n) is 21.7. The highest BCUT2D eigenvalue weighted by Gasteiger charge is 2.18. The number of amides is 3. The Balaban J connectivity index is 1.48. The Morgan fingerprint density at radius 3 is 2.24 bits per heavy atom. The van der Waals surface area contributed by atoms with E-state index in [1.54, 1.807) is 67.6 Å². The molecule has 0 radical (unpaired) electrons. The molecule has 3 amide bonds. The quantitative estimate of drug-likeness (QED) is 0.143. The van der Waals surface area contributed by atoms with Crippen LogP contribution in [0.15, 0.2) is 108 Å². The molecule has 41 heavy (non-hydrogen) atoms. The summed E-state index contributed by atoms with van der Waals surface area (Å²) in [4.78, 5) is 39.4. The fraction of sp³-hybridized carbons (Fsp3) is 0.0645. The van der Waals surface area contributed by atoms with Crippen LogP contribution < -0.4 is 16.0 Å². The number of hydrogen-bond donors (Lipinski definition) is 3. The average Bonchev–Trinajstić information content (AvgIpc) is 2.96. The third-order valence-corrected chi connectivity index (χ3v) is 7.08. The summed E-state index contributed by atoms with van der Waals surface area (Å²) < 4.78 is 27.8. The fourth-order valence-electron chi connectivity index (χ4n) is 3.61. The highest BCUT2D eigenvalue weighted by Crippen LogP contribution is 2.27. The molecule has 208 valence electrons. The number of halogens is 3. The minimum atomic E-state index is -0.668. The van der Waals surface area contributed by atoms with Gasteiger partial charge in [0.15, 0.2) is 0 Å². The van der Waals surface area contributed by atoms with Crippen molar-refractivity contribution in [1.82, 2.24) is 5.32 Å². The largest absolute Gasteiger partial charge is 0.325 e. The molecule has 0 saturated carbocycles. The Morgan fingerprint density at radius 1 is 0.805 bits per heavy atom. The van der Waals surface area contributed by atoms with Gasteiger partial charge in [0.05, 0.1) is 10.3 Å². The minimum absolute atomic E-state index is 0.102. The van der Waals surface area contributed by atoms with E-state index in [4.69, 9.17) is 11.6 Å². The normalized spacial score (nSPS) is 11.9. The van der Waals surface area contributed by atoms with Crippen molar-refractivity contribution in [2.75, 3.05) is 10.6 Å². The van der Waals surface area contributed by atoms with Gasteiger partial charge in [0.2, 0.25) is 5.91 Å². The van der Waals surface area contributed by atoms with Gasteiger partial charge in [-0.2, -0.15) is 0 Å². The Labute approximate surface area is 244 Å². The number of hydrogen-bond acceptors (Lipinski definition) is 4. The van der Waals surface area contributed by atoms with Crippen LogP contribution in [0.4, 0.5) is 20.2 Å². The van der Waals surface area contributed by atoms with Crippen molar-refractivity contribution in [3.8, 4) is 0 Å². The summed E-state index contributed by atoms with van der Waals surface area (Å²) in [6.45, 7) is 1.70. The van der Waals surface area contributed by atoms with Crippen molar-refractivity contribution in [3.05, 3.63) is 131 Å². The SMILES string of the molecule is CC(Sc1cccc(NC(=O)/C(=C/c2ccccc2F)NC(=O)c2ccccc2)c1)C(=O)Nc1ccc(F)c(Cl)c1. The van der Waals surface area contributed by atoms with Gasteiger partial charge in [0.1, 0.15) is 17.3 Å². The van der Waals surface area contributed by atoms with Gasteiger partial charge in [0.25, 0.3) is 11.8 Å². The molecule has 0 aliphatic carbocycles. The lowest BCUT2D eigenvalue weighted by atomic mass is 10.1. The Hall–Kier alpha value is -4.47. The predicted molar refractivity (Wildman–Crippen MR) is 159 cm³/mol. The molecule has 0 fully saturated rings. The van der Waals surface area contributed by atoms with Crippen molar-refractivity contribution in [2.45, 2.75) is 17.1 Å². The summed E-state index contributed by atoms with van der Waals surface area (Å²) in [5, 5.41) is 7.34. The zero-order valence-corrected chi connectivity index (χ0v) is 23.2. The van der Waals surface area contributed by atoms with E-state index in [9.17, 15) is 23.2 Å².